The van der Waals surface area contributed by atoms with Gasteiger partial charge >= 0.3 is 5.97 Å². The first-order valence-electron chi connectivity index (χ1n) is 7.00. The van der Waals surface area contributed by atoms with Crippen molar-refractivity contribution in [1.82, 2.24) is 0 Å². The predicted molar refractivity (Wildman–Crippen MR) is 90.9 cm³/mol. The van der Waals surface area contributed by atoms with E-state index < -0.39 is 28.5 Å². The van der Waals surface area contributed by atoms with Gasteiger partial charge in [0.25, 0.3) is 16.4 Å². The van der Waals surface area contributed by atoms with Crippen LogP contribution in [0.3, 0.4) is 0 Å². The summed E-state index contributed by atoms with van der Waals surface area (Å²) in [6, 6.07) is 0. The Balaban J connectivity index is 3.48. The van der Waals surface area contributed by atoms with Gasteiger partial charge in [-0.05, 0) is 67.6 Å². The molecule has 0 bridgehead atoms. The lowest BCUT2D eigenvalue weighted by atomic mass is 9.92. The molecular formula is C16H17Cl2NO5. The third kappa shape index (κ3) is 4.13. The van der Waals surface area contributed by atoms with E-state index in [1.165, 1.54) is 13.8 Å². The van der Waals surface area contributed by atoms with Gasteiger partial charge in [-0.2, -0.15) is 0 Å². The molecule has 0 aliphatic heterocycles. The van der Waals surface area contributed by atoms with Gasteiger partial charge in [-0.1, -0.05) is 0 Å². The molecule has 0 unspecified atom stereocenters. The van der Waals surface area contributed by atoms with Gasteiger partial charge in [0.1, 0.15) is 0 Å². The number of hydrogen-bond donors (Lipinski definition) is 1. The fourth-order valence-electron chi connectivity index (χ4n) is 2.52. The number of esters is 1. The maximum Gasteiger partial charge on any atom is 0.303 e. The van der Waals surface area contributed by atoms with Gasteiger partial charge in [-0.3, -0.25) is 19.2 Å². The molecule has 130 valence electrons. The van der Waals surface area contributed by atoms with Gasteiger partial charge in [0.15, 0.2) is 6.10 Å². The van der Waals surface area contributed by atoms with Crippen LogP contribution in [0.15, 0.2) is 0 Å². The number of anilines is 1. The van der Waals surface area contributed by atoms with Crippen LogP contribution in [0.5, 0.6) is 0 Å². The second-order valence-electron chi connectivity index (χ2n) is 5.29. The number of carbonyl (C=O) groups is 4. The Morgan fingerprint density at radius 1 is 0.917 bits per heavy atom. The Kier molecular flexibility index (Phi) is 6.51. The van der Waals surface area contributed by atoms with E-state index in [9.17, 15) is 19.2 Å². The van der Waals surface area contributed by atoms with E-state index >= 15 is 0 Å². The maximum absolute atomic E-state index is 12.2. The van der Waals surface area contributed by atoms with Gasteiger partial charge in [0, 0.05) is 23.7 Å². The van der Waals surface area contributed by atoms with Crippen LogP contribution in [0.25, 0.3) is 0 Å². The van der Waals surface area contributed by atoms with Crippen LogP contribution in [0.4, 0.5) is 5.69 Å². The SMILES string of the molecule is CC(=O)O[C@@H](C)C(=O)Nc1c(C)c(C(=O)Cl)c(C)c(C(=O)Cl)c1C. The number of nitrogens with one attached hydrogen (secondary N) is 1. The number of carbonyl (C=O) groups excluding carboxylic acids is 4. The molecule has 0 saturated carbocycles. The van der Waals surface area contributed by atoms with Gasteiger partial charge in [-0.25, -0.2) is 0 Å². The number of rotatable bonds is 5. The van der Waals surface area contributed by atoms with Crippen molar-refractivity contribution in [2.24, 2.45) is 0 Å². The second-order valence-corrected chi connectivity index (χ2v) is 5.97. The molecule has 0 fully saturated rings. The van der Waals surface area contributed by atoms with E-state index in [0.717, 1.165) is 0 Å². The van der Waals surface area contributed by atoms with E-state index in [4.69, 9.17) is 27.9 Å². The van der Waals surface area contributed by atoms with E-state index in [2.05, 4.69) is 5.32 Å². The minimum Gasteiger partial charge on any atom is -0.453 e. The van der Waals surface area contributed by atoms with Crippen molar-refractivity contribution in [3.63, 3.8) is 0 Å². The highest BCUT2D eigenvalue weighted by Gasteiger charge is 2.26. The monoisotopic (exact) mass is 373 g/mol. The zero-order valence-corrected chi connectivity index (χ0v) is 15.4. The quantitative estimate of drug-likeness (QED) is 0.631. The molecule has 1 rings (SSSR count). The number of hydrogen-bond acceptors (Lipinski definition) is 5. The van der Waals surface area contributed by atoms with Crippen LogP contribution in [0, 0.1) is 20.8 Å². The molecule has 24 heavy (non-hydrogen) atoms. The second kappa shape index (κ2) is 7.77. The predicted octanol–water partition coefficient (Wildman–Crippen LogP) is 3.26. The fourth-order valence-corrected chi connectivity index (χ4v) is 3.09. The summed E-state index contributed by atoms with van der Waals surface area (Å²) in [5.74, 6) is -1.22. The summed E-state index contributed by atoms with van der Waals surface area (Å²) in [5, 5.41) is 1.02. The summed E-state index contributed by atoms with van der Waals surface area (Å²) in [6.45, 7) is 7.31. The number of halogens is 2. The van der Waals surface area contributed by atoms with Crippen LogP contribution in [-0.4, -0.2) is 28.5 Å². The molecule has 0 saturated heterocycles. The zero-order valence-electron chi connectivity index (χ0n) is 13.9. The lowest BCUT2D eigenvalue weighted by molar-refractivity contribution is -0.150. The Bertz CT molecular complexity index is 701. The van der Waals surface area contributed by atoms with Crippen molar-refractivity contribution in [3.8, 4) is 0 Å². The summed E-state index contributed by atoms with van der Waals surface area (Å²) in [4.78, 5) is 46.6. The molecule has 0 heterocycles. The summed E-state index contributed by atoms with van der Waals surface area (Å²) < 4.78 is 4.81. The highest BCUT2D eigenvalue weighted by atomic mass is 35.5. The third-order valence-corrected chi connectivity index (χ3v) is 3.98. The third-order valence-electron chi connectivity index (χ3n) is 3.60. The molecule has 0 aliphatic rings. The first-order valence-corrected chi connectivity index (χ1v) is 7.76. The molecule has 0 aromatic heterocycles. The van der Waals surface area contributed by atoms with Crippen molar-refractivity contribution in [2.45, 2.75) is 40.7 Å². The highest BCUT2D eigenvalue weighted by molar-refractivity contribution is 6.69. The topological polar surface area (TPSA) is 89.5 Å². The summed E-state index contributed by atoms with van der Waals surface area (Å²) in [6.07, 6.45) is -1.05. The minimum absolute atomic E-state index is 0.0988. The van der Waals surface area contributed by atoms with Crippen LogP contribution in [-0.2, 0) is 14.3 Å². The van der Waals surface area contributed by atoms with E-state index in [0.29, 0.717) is 16.7 Å². The number of ether oxygens (including phenoxy) is 1. The van der Waals surface area contributed by atoms with E-state index in [1.54, 1.807) is 20.8 Å². The molecule has 0 radical (unpaired) electrons. The lowest BCUT2D eigenvalue weighted by Gasteiger charge is -2.20. The van der Waals surface area contributed by atoms with Crippen LogP contribution < -0.4 is 5.32 Å². The average Bonchev–Trinajstić information content (AvgIpc) is 2.41. The lowest BCUT2D eigenvalue weighted by Crippen LogP contribution is -2.30. The van der Waals surface area contributed by atoms with Gasteiger partial charge in [-0.15, -0.1) is 0 Å². The molecule has 1 aromatic rings. The standard InChI is InChI=1S/C16H17Cl2NO5/c1-6-11(14(17)21)7(2)13(8(3)12(6)15(18)22)19-16(23)9(4)24-10(5)20/h9H,1-5H3,(H,19,23)/t9-/m0/s1. The highest BCUT2D eigenvalue weighted by Crippen LogP contribution is 2.33. The van der Waals surface area contributed by atoms with Crippen molar-refractivity contribution in [1.29, 1.82) is 0 Å². The molecule has 0 aliphatic carbocycles. The normalized spacial score (nSPS) is 11.6. The van der Waals surface area contributed by atoms with Crippen molar-refractivity contribution in [2.75, 3.05) is 5.32 Å². The Morgan fingerprint density at radius 2 is 1.33 bits per heavy atom. The summed E-state index contributed by atoms with van der Waals surface area (Å²) in [5.41, 5.74) is 1.57. The summed E-state index contributed by atoms with van der Waals surface area (Å²) in [7, 11) is 0. The average molecular weight is 374 g/mol. The van der Waals surface area contributed by atoms with Crippen LogP contribution in [0.1, 0.15) is 51.3 Å². The largest absolute Gasteiger partial charge is 0.453 e. The van der Waals surface area contributed by atoms with Gasteiger partial charge < -0.3 is 10.1 Å². The Morgan fingerprint density at radius 3 is 1.67 bits per heavy atom. The molecule has 1 amide bonds. The molecule has 1 aromatic carbocycles. The molecule has 1 atom stereocenters. The Labute approximate surface area is 149 Å². The molecule has 0 spiro atoms. The zero-order chi connectivity index (χ0) is 18.8. The van der Waals surface area contributed by atoms with E-state index in [1.807, 2.05) is 0 Å². The molecule has 8 heteroatoms. The first-order chi connectivity index (χ1) is 11.0. The Hall–Kier alpha value is -1.92. The van der Waals surface area contributed by atoms with Crippen LogP contribution >= 0.6 is 23.2 Å². The van der Waals surface area contributed by atoms with Gasteiger partial charge in [0.2, 0.25) is 0 Å². The van der Waals surface area contributed by atoms with Crippen molar-refractivity contribution in [3.05, 3.63) is 27.8 Å². The first kappa shape index (κ1) is 20.1. The molecule has 1 N–H and O–H groups in total. The minimum atomic E-state index is -1.05. The van der Waals surface area contributed by atoms with Crippen molar-refractivity contribution >= 4 is 51.3 Å². The van der Waals surface area contributed by atoms with Crippen molar-refractivity contribution < 1.29 is 23.9 Å². The van der Waals surface area contributed by atoms with E-state index in [-0.39, 0.29) is 16.8 Å². The smallest absolute Gasteiger partial charge is 0.303 e. The molecular weight excluding hydrogens is 357 g/mol. The fraction of sp³-hybridized carbons (Fsp3) is 0.375. The maximum atomic E-state index is 12.2. The van der Waals surface area contributed by atoms with Crippen LogP contribution in [0.2, 0.25) is 0 Å². The summed E-state index contributed by atoms with van der Waals surface area (Å²) >= 11 is 11.2. The molecule has 6 nitrogen and oxygen atoms in total. The number of benzene rings is 1. The van der Waals surface area contributed by atoms with Gasteiger partial charge in [0.05, 0.1) is 0 Å². The number of amides is 1.